The number of hydrogen-bond acceptors (Lipinski definition) is 4. The van der Waals surface area contributed by atoms with E-state index in [0.717, 1.165) is 38.5 Å². The Labute approximate surface area is 136 Å². The summed E-state index contributed by atoms with van der Waals surface area (Å²) in [5.74, 6) is 0. The second-order valence-electron chi connectivity index (χ2n) is 5.33. The SMILES string of the molecule is CCCCO[Si](CCNC(N)=O)(OCCCC)OCCCC. The molecule has 0 bridgehead atoms. The van der Waals surface area contributed by atoms with E-state index in [0.29, 0.717) is 32.4 Å². The maximum atomic E-state index is 10.9. The molecule has 6 nitrogen and oxygen atoms in total. The van der Waals surface area contributed by atoms with Crippen LogP contribution in [-0.2, 0) is 13.3 Å². The topological polar surface area (TPSA) is 82.8 Å². The number of hydrogen-bond donors (Lipinski definition) is 2. The molecule has 0 aliphatic carbocycles. The van der Waals surface area contributed by atoms with Crippen molar-refractivity contribution >= 4 is 14.8 Å². The van der Waals surface area contributed by atoms with Crippen LogP contribution in [0.1, 0.15) is 59.3 Å². The summed E-state index contributed by atoms with van der Waals surface area (Å²) in [6, 6.07) is 0.0335. The lowest BCUT2D eigenvalue weighted by atomic mass is 10.4. The molecule has 0 fully saturated rings. The van der Waals surface area contributed by atoms with E-state index in [1.807, 2.05) is 0 Å². The average molecular weight is 335 g/mol. The van der Waals surface area contributed by atoms with E-state index in [-0.39, 0.29) is 0 Å². The van der Waals surface area contributed by atoms with E-state index in [1.54, 1.807) is 0 Å². The van der Waals surface area contributed by atoms with Crippen LogP contribution in [0.5, 0.6) is 0 Å². The van der Waals surface area contributed by atoms with E-state index < -0.39 is 14.8 Å². The Hall–Kier alpha value is -0.633. The van der Waals surface area contributed by atoms with Crippen LogP contribution in [0.2, 0.25) is 6.04 Å². The average Bonchev–Trinajstić information content (AvgIpc) is 2.47. The summed E-state index contributed by atoms with van der Waals surface area (Å²) in [5, 5.41) is 2.61. The van der Waals surface area contributed by atoms with Crippen LogP contribution in [0.15, 0.2) is 0 Å². The van der Waals surface area contributed by atoms with Gasteiger partial charge in [-0.3, -0.25) is 0 Å². The number of amides is 2. The summed E-state index contributed by atoms with van der Waals surface area (Å²) >= 11 is 0. The molecule has 0 radical (unpaired) electrons. The van der Waals surface area contributed by atoms with Gasteiger partial charge in [-0.25, -0.2) is 4.79 Å². The predicted octanol–water partition coefficient (Wildman–Crippen LogP) is 3.04. The molecule has 0 aliphatic heterocycles. The number of nitrogens with one attached hydrogen (secondary N) is 1. The normalized spacial score (nSPS) is 11.6. The molecule has 0 aliphatic rings. The van der Waals surface area contributed by atoms with Crippen molar-refractivity contribution < 1.29 is 18.1 Å². The van der Waals surface area contributed by atoms with Gasteiger partial charge in [0.1, 0.15) is 0 Å². The quantitative estimate of drug-likeness (QED) is 0.356. The highest BCUT2D eigenvalue weighted by Crippen LogP contribution is 2.18. The highest BCUT2D eigenvalue weighted by Gasteiger charge is 2.40. The predicted molar refractivity (Wildman–Crippen MR) is 90.7 cm³/mol. The lowest BCUT2D eigenvalue weighted by molar-refractivity contribution is 0.0565. The van der Waals surface area contributed by atoms with Gasteiger partial charge in [-0.05, 0) is 19.3 Å². The smallest absolute Gasteiger partial charge is 0.373 e. The van der Waals surface area contributed by atoms with Crippen molar-refractivity contribution in [1.29, 1.82) is 0 Å². The van der Waals surface area contributed by atoms with Gasteiger partial charge in [-0.15, -0.1) is 0 Å². The molecular weight excluding hydrogens is 300 g/mol. The number of nitrogens with two attached hydrogens (primary N) is 1. The molecule has 0 atom stereocenters. The molecule has 0 heterocycles. The summed E-state index contributed by atoms with van der Waals surface area (Å²) < 4.78 is 18.1. The van der Waals surface area contributed by atoms with Gasteiger partial charge < -0.3 is 24.3 Å². The van der Waals surface area contributed by atoms with Gasteiger partial charge in [-0.2, -0.15) is 0 Å². The van der Waals surface area contributed by atoms with Crippen molar-refractivity contribution in [3.63, 3.8) is 0 Å². The summed E-state index contributed by atoms with van der Waals surface area (Å²) in [4.78, 5) is 10.9. The fraction of sp³-hybridized carbons (Fsp3) is 0.933. The van der Waals surface area contributed by atoms with Gasteiger partial charge >= 0.3 is 14.8 Å². The van der Waals surface area contributed by atoms with E-state index in [1.165, 1.54) is 0 Å². The van der Waals surface area contributed by atoms with Crippen LogP contribution >= 0.6 is 0 Å². The first-order valence-corrected chi connectivity index (χ1v) is 10.5. The molecule has 0 aromatic rings. The van der Waals surface area contributed by atoms with Crippen molar-refractivity contribution in [2.24, 2.45) is 5.73 Å². The molecular formula is C15H34N2O4Si. The van der Waals surface area contributed by atoms with E-state index >= 15 is 0 Å². The molecule has 22 heavy (non-hydrogen) atoms. The third-order valence-corrected chi connectivity index (χ3v) is 5.98. The molecule has 0 saturated heterocycles. The van der Waals surface area contributed by atoms with Crippen LogP contribution in [0.4, 0.5) is 4.79 Å². The highest BCUT2D eigenvalue weighted by atomic mass is 28.4. The monoisotopic (exact) mass is 334 g/mol. The van der Waals surface area contributed by atoms with Gasteiger partial charge in [0, 0.05) is 32.4 Å². The molecule has 0 unspecified atom stereocenters. The third kappa shape index (κ3) is 11.0. The van der Waals surface area contributed by atoms with Gasteiger partial charge in [0.25, 0.3) is 0 Å². The van der Waals surface area contributed by atoms with Crippen molar-refractivity contribution in [3.05, 3.63) is 0 Å². The lowest BCUT2D eigenvalue weighted by Crippen LogP contribution is -2.49. The molecule has 132 valence electrons. The molecule has 3 N–H and O–H groups in total. The van der Waals surface area contributed by atoms with Crippen LogP contribution in [0, 0.1) is 0 Å². The van der Waals surface area contributed by atoms with Crippen LogP contribution in [-0.4, -0.2) is 41.2 Å². The zero-order valence-electron chi connectivity index (χ0n) is 14.5. The van der Waals surface area contributed by atoms with Crippen molar-refractivity contribution in [2.75, 3.05) is 26.4 Å². The first kappa shape index (κ1) is 21.4. The summed E-state index contributed by atoms with van der Waals surface area (Å²) in [6.45, 7) is 8.70. The number of urea groups is 1. The fourth-order valence-corrected chi connectivity index (χ4v) is 4.28. The molecule has 0 saturated carbocycles. The van der Waals surface area contributed by atoms with Gasteiger partial charge in [0.05, 0.1) is 0 Å². The minimum Gasteiger partial charge on any atom is -0.373 e. The largest absolute Gasteiger partial charge is 0.502 e. The van der Waals surface area contributed by atoms with Gasteiger partial charge in [-0.1, -0.05) is 40.0 Å². The van der Waals surface area contributed by atoms with Crippen LogP contribution < -0.4 is 11.1 Å². The number of unbranched alkanes of at least 4 members (excludes halogenated alkanes) is 3. The summed E-state index contributed by atoms with van der Waals surface area (Å²) in [6.07, 6.45) is 6.13. The van der Waals surface area contributed by atoms with Crippen molar-refractivity contribution in [1.82, 2.24) is 5.32 Å². The van der Waals surface area contributed by atoms with E-state index in [4.69, 9.17) is 19.0 Å². The first-order valence-electron chi connectivity index (χ1n) is 8.55. The third-order valence-electron chi connectivity index (χ3n) is 3.19. The summed E-state index contributed by atoms with van der Waals surface area (Å²) in [5.41, 5.74) is 5.13. The Morgan fingerprint density at radius 3 is 1.64 bits per heavy atom. The zero-order valence-corrected chi connectivity index (χ0v) is 15.5. The van der Waals surface area contributed by atoms with E-state index in [9.17, 15) is 4.79 Å². The molecule has 0 spiro atoms. The van der Waals surface area contributed by atoms with Crippen molar-refractivity contribution in [2.45, 2.75) is 65.3 Å². The Kier molecular flexibility index (Phi) is 13.6. The Balaban J connectivity index is 4.64. The van der Waals surface area contributed by atoms with Crippen molar-refractivity contribution in [3.8, 4) is 0 Å². The molecule has 0 aromatic heterocycles. The first-order chi connectivity index (χ1) is 10.6. The maximum Gasteiger partial charge on any atom is 0.502 e. The zero-order chi connectivity index (χ0) is 16.7. The number of primary amides is 1. The molecule has 0 rings (SSSR count). The minimum atomic E-state index is -2.74. The standard InChI is InChI=1S/C15H34N2O4Si/c1-4-7-11-19-22(20-12-8-5-2,21-13-9-6-3)14-10-17-15(16)18/h4-14H2,1-3H3,(H3,16,17,18). The summed E-state index contributed by atoms with van der Waals surface area (Å²) in [7, 11) is -2.74. The Bertz CT molecular complexity index is 254. The second kappa shape index (κ2) is 14.0. The lowest BCUT2D eigenvalue weighted by Gasteiger charge is -2.30. The Morgan fingerprint density at radius 2 is 1.32 bits per heavy atom. The van der Waals surface area contributed by atoms with Gasteiger partial charge in [0.2, 0.25) is 0 Å². The van der Waals surface area contributed by atoms with Crippen LogP contribution in [0.3, 0.4) is 0 Å². The van der Waals surface area contributed by atoms with Gasteiger partial charge in [0.15, 0.2) is 0 Å². The fourth-order valence-electron chi connectivity index (χ4n) is 1.80. The maximum absolute atomic E-state index is 10.9. The Morgan fingerprint density at radius 1 is 0.909 bits per heavy atom. The van der Waals surface area contributed by atoms with E-state index in [2.05, 4.69) is 26.1 Å². The molecule has 7 heteroatoms. The number of carbonyl (C=O) groups is 1. The molecule has 2 amide bonds. The second-order valence-corrected chi connectivity index (χ2v) is 8.06. The highest BCUT2D eigenvalue weighted by molar-refractivity contribution is 6.60. The number of carbonyl (C=O) groups excluding carboxylic acids is 1. The minimum absolute atomic E-state index is 0.423. The number of rotatable bonds is 15. The van der Waals surface area contributed by atoms with Crippen LogP contribution in [0.25, 0.3) is 0 Å². The molecule has 0 aromatic carbocycles.